The van der Waals surface area contributed by atoms with E-state index in [1.165, 1.54) is 66.8 Å². The Kier molecular flexibility index (Phi) is 6.92. The summed E-state index contributed by atoms with van der Waals surface area (Å²) in [4.78, 5) is 0. The van der Waals surface area contributed by atoms with Crippen LogP contribution >= 0.6 is 0 Å². The summed E-state index contributed by atoms with van der Waals surface area (Å²) in [5.74, 6) is 0.917. The van der Waals surface area contributed by atoms with E-state index in [2.05, 4.69) is 104 Å². The van der Waals surface area contributed by atoms with Crippen molar-refractivity contribution in [3.63, 3.8) is 0 Å². The summed E-state index contributed by atoms with van der Waals surface area (Å²) in [5.41, 5.74) is 12.6. The Morgan fingerprint density at radius 3 is 1.28 bits per heavy atom. The fourth-order valence-corrected chi connectivity index (χ4v) is 8.74. The molecule has 0 aromatic heterocycles. The van der Waals surface area contributed by atoms with Gasteiger partial charge in [0.25, 0.3) is 0 Å². The molecule has 2 aliphatic carbocycles. The molecule has 1 heteroatoms. The minimum atomic E-state index is 0.458. The van der Waals surface area contributed by atoms with Gasteiger partial charge in [0.05, 0.1) is 0 Å². The maximum Gasteiger partial charge on any atom is 0.0437 e. The summed E-state index contributed by atoms with van der Waals surface area (Å²) in [5, 5.41) is 0. The molecule has 0 N–H and O–H groups in total. The number of hydrogen-bond donors (Lipinski definition) is 0. The Bertz CT molecular complexity index is 1150. The van der Waals surface area contributed by atoms with Gasteiger partial charge in [-0.3, -0.25) is 0 Å². The quantitative estimate of drug-likeness (QED) is 0.155. The van der Waals surface area contributed by atoms with Gasteiger partial charge in [-0.15, -0.1) is 0 Å². The van der Waals surface area contributed by atoms with Crippen LogP contribution in [0.2, 0.25) is 11.6 Å². The molecule has 180 valence electrons. The minimum Gasteiger partial charge on any atom is -0.0654 e. The Hall–Kier alpha value is -2.90. The molecule has 2 aliphatic rings. The van der Waals surface area contributed by atoms with Crippen LogP contribution in [0.3, 0.4) is 0 Å². The van der Waals surface area contributed by atoms with E-state index in [0.29, 0.717) is 17.4 Å². The number of hydrogen-bond acceptors (Lipinski definition) is 0. The van der Waals surface area contributed by atoms with Crippen molar-refractivity contribution in [3.05, 3.63) is 119 Å². The highest BCUT2D eigenvalue weighted by atomic mass is 28.2. The normalized spacial score (nSPS) is 14.1. The third kappa shape index (κ3) is 4.18. The lowest BCUT2D eigenvalue weighted by Crippen LogP contribution is -2.21. The molecule has 0 aliphatic heterocycles. The maximum absolute atomic E-state index is 2.41. The molecule has 0 saturated heterocycles. The van der Waals surface area contributed by atoms with Gasteiger partial charge in [-0.1, -0.05) is 149 Å². The van der Waals surface area contributed by atoms with Gasteiger partial charge in [-0.25, -0.2) is 0 Å². The van der Waals surface area contributed by atoms with Crippen LogP contribution in [0.15, 0.2) is 97.1 Å². The minimum absolute atomic E-state index is 0.458. The molecule has 0 bridgehead atoms. The lowest BCUT2D eigenvalue weighted by Gasteiger charge is -2.32. The molecule has 0 unspecified atom stereocenters. The first kappa shape index (κ1) is 23.5. The van der Waals surface area contributed by atoms with Crippen molar-refractivity contribution in [2.24, 2.45) is 0 Å². The van der Waals surface area contributed by atoms with E-state index in [9.17, 15) is 0 Å². The highest BCUT2D eigenvalue weighted by Gasteiger charge is 2.42. The lowest BCUT2D eigenvalue weighted by atomic mass is 9.82. The van der Waals surface area contributed by atoms with Crippen LogP contribution in [0, 0.1) is 0 Å². The van der Waals surface area contributed by atoms with Crippen molar-refractivity contribution in [1.29, 1.82) is 0 Å². The molecule has 0 saturated carbocycles. The van der Waals surface area contributed by atoms with E-state index in [1.807, 2.05) is 0 Å². The van der Waals surface area contributed by atoms with Gasteiger partial charge < -0.3 is 0 Å². The molecule has 0 spiro atoms. The van der Waals surface area contributed by atoms with Gasteiger partial charge in [0.1, 0.15) is 0 Å². The molecule has 0 amide bonds. The van der Waals surface area contributed by atoms with Crippen LogP contribution in [0.4, 0.5) is 0 Å². The van der Waals surface area contributed by atoms with E-state index >= 15 is 0 Å². The van der Waals surface area contributed by atoms with Gasteiger partial charge >= 0.3 is 0 Å². The molecule has 0 atom stereocenters. The van der Waals surface area contributed by atoms with Crippen molar-refractivity contribution in [1.82, 2.24) is 0 Å². The zero-order chi connectivity index (χ0) is 24.3. The topological polar surface area (TPSA) is 0 Å². The van der Waals surface area contributed by atoms with Crippen molar-refractivity contribution >= 4 is 9.52 Å². The summed E-state index contributed by atoms with van der Waals surface area (Å²) in [6.45, 7) is 2.31. The summed E-state index contributed by atoms with van der Waals surface area (Å²) in [6.07, 6.45) is 8.25. The van der Waals surface area contributed by atoms with E-state index in [-0.39, 0.29) is 0 Å². The molecule has 4 aromatic carbocycles. The number of benzene rings is 4. The molecule has 2 radical (unpaired) electrons. The first-order valence-corrected chi connectivity index (χ1v) is 15.3. The Morgan fingerprint density at radius 2 is 0.861 bits per heavy atom. The van der Waals surface area contributed by atoms with E-state index in [4.69, 9.17) is 0 Å². The molecular formula is C35H36Si. The van der Waals surface area contributed by atoms with Crippen LogP contribution in [0.25, 0.3) is 22.3 Å². The average molecular weight is 485 g/mol. The van der Waals surface area contributed by atoms with Crippen molar-refractivity contribution < 1.29 is 0 Å². The van der Waals surface area contributed by atoms with Crippen molar-refractivity contribution in [2.45, 2.75) is 68.9 Å². The molecule has 6 rings (SSSR count). The lowest BCUT2D eigenvalue weighted by molar-refractivity contribution is 0.616. The molecule has 36 heavy (non-hydrogen) atoms. The highest BCUT2D eigenvalue weighted by Crippen LogP contribution is 2.59. The third-order valence-corrected chi connectivity index (χ3v) is 10.2. The van der Waals surface area contributed by atoms with Gasteiger partial charge in [0, 0.05) is 21.4 Å². The van der Waals surface area contributed by atoms with Gasteiger partial charge in [-0.05, 0) is 50.0 Å². The Labute approximate surface area is 219 Å². The molecule has 4 aromatic rings. The fourth-order valence-electron chi connectivity index (χ4n) is 6.77. The summed E-state index contributed by atoms with van der Waals surface area (Å²) >= 11 is 0. The predicted octanol–water partition coefficient (Wildman–Crippen LogP) is 9.88. The van der Waals surface area contributed by atoms with Crippen LogP contribution in [0.5, 0.6) is 0 Å². The van der Waals surface area contributed by atoms with Crippen LogP contribution in [0.1, 0.15) is 79.5 Å². The number of rotatable bonds is 10. The average Bonchev–Trinajstić information content (AvgIpc) is 3.44. The molecular weight excluding hydrogens is 448 g/mol. The third-order valence-electron chi connectivity index (χ3n) is 8.39. The molecule has 0 nitrogen and oxygen atoms in total. The number of fused-ring (bicyclic) bond motifs is 6. The summed E-state index contributed by atoms with van der Waals surface area (Å²) in [7, 11) is 0.952. The molecule has 0 fully saturated rings. The second kappa shape index (κ2) is 10.6. The predicted molar refractivity (Wildman–Crippen MR) is 155 cm³/mol. The first-order chi connectivity index (χ1) is 17.9. The zero-order valence-corrected chi connectivity index (χ0v) is 22.4. The molecule has 0 heterocycles. The largest absolute Gasteiger partial charge is 0.0654 e. The summed E-state index contributed by atoms with van der Waals surface area (Å²) in [6, 6.07) is 38.2. The van der Waals surface area contributed by atoms with Gasteiger partial charge in [0.15, 0.2) is 0 Å². The first-order valence-electron chi connectivity index (χ1n) is 14.0. The second-order valence-corrected chi connectivity index (χ2v) is 12.1. The maximum atomic E-state index is 2.41. The van der Waals surface area contributed by atoms with Crippen molar-refractivity contribution in [3.8, 4) is 22.3 Å². The second-order valence-electron chi connectivity index (χ2n) is 10.6. The van der Waals surface area contributed by atoms with Gasteiger partial charge in [0.2, 0.25) is 0 Å². The highest BCUT2D eigenvalue weighted by molar-refractivity contribution is 6.39. The Morgan fingerprint density at radius 1 is 0.500 bits per heavy atom. The van der Waals surface area contributed by atoms with E-state index < -0.39 is 0 Å². The summed E-state index contributed by atoms with van der Waals surface area (Å²) < 4.78 is 0. The van der Waals surface area contributed by atoms with Crippen LogP contribution in [-0.2, 0) is 0 Å². The van der Waals surface area contributed by atoms with E-state index in [1.54, 1.807) is 22.3 Å². The fraction of sp³-hybridized carbons (Fsp3) is 0.314. The van der Waals surface area contributed by atoms with Gasteiger partial charge in [-0.2, -0.15) is 0 Å². The standard InChI is InChI=1S/C35H36Si/c1-2-3-4-5-6-15-24-36-35(33-29-20-11-7-16-25(29)26-17-8-12-21-30(26)33)34-31-22-13-9-18-27(31)28-19-10-14-23-32(28)34/h7-14,16-23,33-35H,2-6,15,24H2,1H3. The van der Waals surface area contributed by atoms with E-state index in [0.717, 1.165) is 9.52 Å². The number of unbranched alkanes of at least 4 members (excludes halogenated alkanes) is 5. The smallest absolute Gasteiger partial charge is 0.0437 e. The SMILES string of the molecule is CCCCCCCC[Si]C(C1c2ccccc2-c2ccccc21)C1c2ccccc2-c2ccccc21. The van der Waals surface area contributed by atoms with Crippen LogP contribution < -0.4 is 0 Å². The monoisotopic (exact) mass is 484 g/mol. The van der Waals surface area contributed by atoms with Crippen molar-refractivity contribution in [2.75, 3.05) is 0 Å². The van der Waals surface area contributed by atoms with Crippen LogP contribution in [-0.4, -0.2) is 9.52 Å². The Balaban J connectivity index is 1.40. The zero-order valence-electron chi connectivity index (χ0n) is 21.4.